The highest BCUT2D eigenvalue weighted by Gasteiger charge is 2.43. The van der Waals surface area contributed by atoms with Crippen molar-refractivity contribution in [2.24, 2.45) is 11.8 Å². The summed E-state index contributed by atoms with van der Waals surface area (Å²) in [6, 6.07) is 7.25. The van der Waals surface area contributed by atoms with Gasteiger partial charge in [0.15, 0.2) is 0 Å². The number of rotatable bonds is 6. The third-order valence-corrected chi connectivity index (χ3v) is 5.21. The van der Waals surface area contributed by atoms with E-state index in [-0.39, 0.29) is 5.91 Å². The Morgan fingerprint density at radius 1 is 1.12 bits per heavy atom. The van der Waals surface area contributed by atoms with Crippen LogP contribution in [0.2, 0.25) is 10.0 Å². The fourth-order valence-corrected chi connectivity index (χ4v) is 3.47. The SMILES string of the molecule is O=C(Nc1c(Cl)cncc1Cl)c1cccc(OC(C2CC2)C2CC2)c1. The summed E-state index contributed by atoms with van der Waals surface area (Å²) in [5.74, 6) is 1.82. The minimum absolute atomic E-state index is 0.283. The second-order valence-corrected chi connectivity index (χ2v) is 7.53. The zero-order valence-electron chi connectivity index (χ0n) is 13.5. The van der Waals surface area contributed by atoms with Gasteiger partial charge in [0.1, 0.15) is 11.9 Å². The van der Waals surface area contributed by atoms with Crippen molar-refractivity contribution in [1.29, 1.82) is 0 Å². The number of halogens is 2. The van der Waals surface area contributed by atoms with Crippen LogP contribution in [-0.2, 0) is 0 Å². The van der Waals surface area contributed by atoms with Crippen molar-refractivity contribution in [3.63, 3.8) is 0 Å². The molecule has 1 heterocycles. The molecule has 1 amide bonds. The second-order valence-electron chi connectivity index (χ2n) is 6.72. The monoisotopic (exact) mass is 376 g/mol. The summed E-state index contributed by atoms with van der Waals surface area (Å²) in [5.41, 5.74) is 0.871. The van der Waals surface area contributed by atoms with Crippen molar-refractivity contribution in [1.82, 2.24) is 4.98 Å². The number of hydrogen-bond donors (Lipinski definition) is 1. The molecule has 25 heavy (non-hydrogen) atoms. The summed E-state index contributed by atoms with van der Waals surface area (Å²) in [7, 11) is 0. The first-order valence-electron chi connectivity index (χ1n) is 8.49. The molecule has 2 aliphatic rings. The minimum Gasteiger partial charge on any atom is -0.490 e. The van der Waals surface area contributed by atoms with E-state index in [0.29, 0.717) is 39.2 Å². The van der Waals surface area contributed by atoms with Gasteiger partial charge in [0, 0.05) is 18.0 Å². The molecule has 1 aromatic heterocycles. The molecule has 130 valence electrons. The van der Waals surface area contributed by atoms with Crippen molar-refractivity contribution < 1.29 is 9.53 Å². The number of hydrogen-bond acceptors (Lipinski definition) is 3. The van der Waals surface area contributed by atoms with Crippen molar-refractivity contribution >= 4 is 34.8 Å². The van der Waals surface area contributed by atoms with E-state index in [4.69, 9.17) is 27.9 Å². The lowest BCUT2D eigenvalue weighted by Gasteiger charge is -2.18. The van der Waals surface area contributed by atoms with E-state index in [0.717, 1.165) is 5.75 Å². The van der Waals surface area contributed by atoms with Crippen LogP contribution in [0.1, 0.15) is 36.0 Å². The predicted molar refractivity (Wildman–Crippen MR) is 98.5 cm³/mol. The van der Waals surface area contributed by atoms with E-state index in [1.165, 1.54) is 38.1 Å². The molecule has 2 aliphatic carbocycles. The highest BCUT2D eigenvalue weighted by molar-refractivity contribution is 6.39. The topological polar surface area (TPSA) is 51.2 Å². The third-order valence-electron chi connectivity index (χ3n) is 4.63. The summed E-state index contributed by atoms with van der Waals surface area (Å²) in [6.07, 6.45) is 8.18. The molecular formula is C19H18Cl2N2O2. The molecule has 0 bridgehead atoms. The first-order valence-corrected chi connectivity index (χ1v) is 9.24. The molecule has 2 saturated carbocycles. The van der Waals surface area contributed by atoms with Crippen LogP contribution in [0.3, 0.4) is 0 Å². The maximum Gasteiger partial charge on any atom is 0.255 e. The van der Waals surface area contributed by atoms with Gasteiger partial charge in [-0.15, -0.1) is 0 Å². The molecule has 0 atom stereocenters. The van der Waals surface area contributed by atoms with Gasteiger partial charge in [-0.2, -0.15) is 0 Å². The van der Waals surface area contributed by atoms with E-state index in [2.05, 4.69) is 10.3 Å². The molecule has 0 unspecified atom stereocenters. The van der Waals surface area contributed by atoms with E-state index in [1.807, 2.05) is 12.1 Å². The van der Waals surface area contributed by atoms with Gasteiger partial charge < -0.3 is 10.1 Å². The number of carbonyl (C=O) groups excluding carboxylic acids is 1. The number of pyridine rings is 1. The lowest BCUT2D eigenvalue weighted by atomic mass is 10.1. The van der Waals surface area contributed by atoms with Crippen LogP contribution < -0.4 is 10.1 Å². The van der Waals surface area contributed by atoms with Crippen LogP contribution >= 0.6 is 23.2 Å². The lowest BCUT2D eigenvalue weighted by molar-refractivity contribution is 0.102. The first kappa shape index (κ1) is 16.7. The van der Waals surface area contributed by atoms with Crippen molar-refractivity contribution in [2.75, 3.05) is 5.32 Å². The van der Waals surface area contributed by atoms with Gasteiger partial charge in [-0.25, -0.2) is 0 Å². The fourth-order valence-electron chi connectivity index (χ4n) is 3.01. The predicted octanol–water partition coefficient (Wildman–Crippen LogP) is 5.21. The van der Waals surface area contributed by atoms with Gasteiger partial charge >= 0.3 is 0 Å². The molecule has 0 spiro atoms. The van der Waals surface area contributed by atoms with Crippen LogP contribution in [0, 0.1) is 11.8 Å². The van der Waals surface area contributed by atoms with E-state index in [9.17, 15) is 4.79 Å². The maximum absolute atomic E-state index is 12.5. The summed E-state index contributed by atoms with van der Waals surface area (Å²) < 4.78 is 6.21. The molecule has 4 nitrogen and oxygen atoms in total. The molecule has 2 fully saturated rings. The molecule has 2 aromatic rings. The van der Waals surface area contributed by atoms with Crippen LogP contribution in [0.15, 0.2) is 36.7 Å². The Hall–Kier alpha value is -1.78. The van der Waals surface area contributed by atoms with Crippen LogP contribution in [-0.4, -0.2) is 17.0 Å². The highest BCUT2D eigenvalue weighted by atomic mass is 35.5. The summed E-state index contributed by atoms with van der Waals surface area (Å²) >= 11 is 12.1. The van der Waals surface area contributed by atoms with E-state index in [1.54, 1.807) is 12.1 Å². The molecule has 0 radical (unpaired) electrons. The molecule has 4 rings (SSSR count). The number of carbonyl (C=O) groups is 1. The number of amides is 1. The van der Waals surface area contributed by atoms with Crippen molar-refractivity contribution in [3.8, 4) is 5.75 Å². The first-order chi connectivity index (χ1) is 12.1. The zero-order valence-corrected chi connectivity index (χ0v) is 15.1. The largest absolute Gasteiger partial charge is 0.490 e. The summed E-state index contributed by atoms with van der Waals surface area (Å²) in [5, 5.41) is 3.35. The average Bonchev–Trinajstić information content (AvgIpc) is 3.49. The Morgan fingerprint density at radius 3 is 2.36 bits per heavy atom. The van der Waals surface area contributed by atoms with Gasteiger partial charge in [0.25, 0.3) is 5.91 Å². The number of aromatic nitrogens is 1. The highest BCUT2D eigenvalue weighted by Crippen LogP contribution is 2.46. The number of nitrogens with zero attached hydrogens (tertiary/aromatic N) is 1. The Labute approximate surface area is 156 Å². The molecule has 0 saturated heterocycles. The van der Waals surface area contributed by atoms with Crippen LogP contribution in [0.4, 0.5) is 5.69 Å². The third kappa shape index (κ3) is 3.91. The van der Waals surface area contributed by atoms with Crippen LogP contribution in [0.25, 0.3) is 0 Å². The van der Waals surface area contributed by atoms with E-state index >= 15 is 0 Å². The summed E-state index contributed by atoms with van der Waals surface area (Å²) in [6.45, 7) is 0. The van der Waals surface area contributed by atoms with Crippen molar-refractivity contribution in [2.45, 2.75) is 31.8 Å². The normalized spacial score (nSPS) is 16.8. The van der Waals surface area contributed by atoms with Crippen LogP contribution in [0.5, 0.6) is 5.75 Å². The Balaban J connectivity index is 1.49. The Morgan fingerprint density at radius 2 is 1.76 bits per heavy atom. The molecule has 6 heteroatoms. The van der Waals surface area contributed by atoms with Gasteiger partial charge in [0.2, 0.25) is 0 Å². The zero-order chi connectivity index (χ0) is 17.4. The fraction of sp³-hybridized carbons (Fsp3) is 0.368. The Bertz CT molecular complexity index is 772. The molecule has 0 aliphatic heterocycles. The number of benzene rings is 1. The summed E-state index contributed by atoms with van der Waals surface area (Å²) in [4.78, 5) is 16.4. The Kier molecular flexibility index (Phi) is 4.57. The standard InChI is InChI=1S/C19H18Cl2N2O2/c20-15-9-22-10-16(21)17(15)23-19(24)13-2-1-3-14(8-13)25-18(11-4-5-11)12-6-7-12/h1-3,8-12,18H,4-7H2,(H,22,23,24). The number of anilines is 1. The van der Waals surface area contributed by atoms with Gasteiger partial charge in [0.05, 0.1) is 15.7 Å². The van der Waals surface area contributed by atoms with E-state index < -0.39 is 0 Å². The lowest BCUT2D eigenvalue weighted by Crippen LogP contribution is -2.21. The minimum atomic E-state index is -0.283. The smallest absolute Gasteiger partial charge is 0.255 e. The second kappa shape index (κ2) is 6.85. The quantitative estimate of drug-likeness (QED) is 0.752. The molecule has 1 aromatic carbocycles. The number of ether oxygens (including phenoxy) is 1. The average molecular weight is 377 g/mol. The molecular weight excluding hydrogens is 359 g/mol. The maximum atomic E-state index is 12.5. The van der Waals surface area contributed by atoms with Gasteiger partial charge in [-0.05, 0) is 55.7 Å². The van der Waals surface area contributed by atoms with Gasteiger partial charge in [-0.1, -0.05) is 29.3 Å². The number of nitrogens with one attached hydrogen (secondary N) is 1. The van der Waals surface area contributed by atoms with Crippen molar-refractivity contribution in [3.05, 3.63) is 52.3 Å². The van der Waals surface area contributed by atoms with Gasteiger partial charge in [-0.3, -0.25) is 9.78 Å². The molecule has 1 N–H and O–H groups in total.